The van der Waals surface area contributed by atoms with Crippen molar-refractivity contribution in [3.05, 3.63) is 45.5 Å². The molecule has 0 radical (unpaired) electrons. The second kappa shape index (κ2) is 7.32. The summed E-state index contributed by atoms with van der Waals surface area (Å²) in [6.45, 7) is 3.94. The van der Waals surface area contributed by atoms with Crippen LogP contribution in [0.15, 0.2) is 35.1 Å². The number of nitrogens with zero attached hydrogens (tertiary/aromatic N) is 3. The number of rotatable bonds is 3. The molecule has 1 fully saturated rings. The Kier molecular flexibility index (Phi) is 4.91. The normalized spacial score (nSPS) is 14.6. The van der Waals surface area contributed by atoms with Gasteiger partial charge in [-0.2, -0.15) is 0 Å². The van der Waals surface area contributed by atoms with Crippen LogP contribution in [0.2, 0.25) is 0 Å². The van der Waals surface area contributed by atoms with Gasteiger partial charge in [-0.3, -0.25) is 4.79 Å². The van der Waals surface area contributed by atoms with E-state index < -0.39 is 0 Å². The number of aryl methyl sites for hydroxylation is 1. The Balaban J connectivity index is 1.75. The van der Waals surface area contributed by atoms with Gasteiger partial charge in [0.2, 0.25) is 0 Å². The lowest BCUT2D eigenvalue weighted by atomic mass is 10.1. The summed E-state index contributed by atoms with van der Waals surface area (Å²) in [5.41, 5.74) is 1.46. The highest BCUT2D eigenvalue weighted by Crippen LogP contribution is 2.36. The van der Waals surface area contributed by atoms with E-state index in [-0.39, 0.29) is 5.91 Å². The smallest absolute Gasteiger partial charge is 0.257 e. The number of hydrogen-bond donors (Lipinski definition) is 1. The molecule has 7 heteroatoms. The fourth-order valence-corrected chi connectivity index (χ4v) is 4.62. The molecular formula is C19H19BrN4OS. The Morgan fingerprint density at radius 2 is 1.88 bits per heavy atom. The van der Waals surface area contributed by atoms with Crippen molar-refractivity contribution in [2.75, 3.05) is 23.3 Å². The Morgan fingerprint density at radius 1 is 1.15 bits per heavy atom. The lowest BCUT2D eigenvalue weighted by molar-refractivity contribution is 0.102. The SMILES string of the molecule is Cc1sc2ncnc(N3CCCCC3)c2c1C(=O)Nc1ccc(Br)cc1. The molecule has 1 aliphatic rings. The summed E-state index contributed by atoms with van der Waals surface area (Å²) in [5.74, 6) is 0.782. The predicted molar refractivity (Wildman–Crippen MR) is 110 cm³/mol. The highest BCUT2D eigenvalue weighted by molar-refractivity contribution is 9.10. The van der Waals surface area contributed by atoms with Crippen LogP contribution in [0.5, 0.6) is 0 Å². The Bertz CT molecular complexity index is 948. The molecule has 0 atom stereocenters. The number of carbonyl (C=O) groups is 1. The molecule has 3 heterocycles. The second-order valence-electron chi connectivity index (χ2n) is 6.42. The van der Waals surface area contributed by atoms with Crippen molar-refractivity contribution in [1.82, 2.24) is 9.97 Å². The van der Waals surface area contributed by atoms with Crippen molar-refractivity contribution in [3.63, 3.8) is 0 Å². The quantitative estimate of drug-likeness (QED) is 0.634. The van der Waals surface area contributed by atoms with Crippen LogP contribution in [-0.4, -0.2) is 29.0 Å². The first-order valence-electron chi connectivity index (χ1n) is 8.69. The monoisotopic (exact) mass is 430 g/mol. The number of piperidine rings is 1. The van der Waals surface area contributed by atoms with Crippen molar-refractivity contribution in [3.8, 4) is 0 Å². The first-order valence-corrected chi connectivity index (χ1v) is 10.3. The Labute approximate surface area is 164 Å². The Morgan fingerprint density at radius 3 is 2.62 bits per heavy atom. The van der Waals surface area contributed by atoms with Crippen LogP contribution in [0, 0.1) is 6.92 Å². The molecule has 2 aromatic heterocycles. The summed E-state index contributed by atoms with van der Waals surface area (Å²) in [5, 5.41) is 3.89. The van der Waals surface area contributed by atoms with E-state index in [1.165, 1.54) is 6.42 Å². The molecule has 0 spiro atoms. The molecule has 0 saturated carbocycles. The van der Waals surface area contributed by atoms with Crippen molar-refractivity contribution in [2.24, 2.45) is 0 Å². The number of carbonyl (C=O) groups excluding carboxylic acids is 1. The van der Waals surface area contributed by atoms with Gasteiger partial charge in [-0.25, -0.2) is 9.97 Å². The van der Waals surface area contributed by atoms with Crippen LogP contribution in [0.3, 0.4) is 0 Å². The predicted octanol–water partition coefficient (Wildman–Crippen LogP) is 5.00. The topological polar surface area (TPSA) is 58.1 Å². The summed E-state index contributed by atoms with van der Waals surface area (Å²) >= 11 is 4.97. The van der Waals surface area contributed by atoms with Gasteiger partial charge < -0.3 is 10.2 Å². The van der Waals surface area contributed by atoms with Gasteiger partial charge in [0.1, 0.15) is 17.0 Å². The van der Waals surface area contributed by atoms with Crippen LogP contribution in [0.1, 0.15) is 34.5 Å². The minimum absolute atomic E-state index is 0.107. The van der Waals surface area contributed by atoms with E-state index in [9.17, 15) is 4.79 Å². The largest absolute Gasteiger partial charge is 0.356 e. The van der Waals surface area contributed by atoms with E-state index in [4.69, 9.17) is 0 Å². The summed E-state index contributed by atoms with van der Waals surface area (Å²) in [6.07, 6.45) is 5.19. The van der Waals surface area contributed by atoms with Crippen molar-refractivity contribution in [1.29, 1.82) is 0 Å². The maximum atomic E-state index is 13.0. The minimum Gasteiger partial charge on any atom is -0.356 e. The van der Waals surface area contributed by atoms with Crippen molar-refractivity contribution in [2.45, 2.75) is 26.2 Å². The zero-order valence-corrected chi connectivity index (χ0v) is 16.9. The molecule has 1 N–H and O–H groups in total. The highest BCUT2D eigenvalue weighted by Gasteiger charge is 2.24. The van der Waals surface area contributed by atoms with E-state index in [1.807, 2.05) is 31.2 Å². The molecule has 0 bridgehead atoms. The number of thiophene rings is 1. The molecule has 1 aromatic carbocycles. The number of benzene rings is 1. The molecular weight excluding hydrogens is 412 g/mol. The van der Waals surface area contributed by atoms with Gasteiger partial charge in [-0.05, 0) is 50.5 Å². The van der Waals surface area contributed by atoms with Crippen LogP contribution in [0.4, 0.5) is 11.5 Å². The van der Waals surface area contributed by atoms with Crippen molar-refractivity contribution >= 4 is 54.9 Å². The molecule has 5 nitrogen and oxygen atoms in total. The lowest BCUT2D eigenvalue weighted by Crippen LogP contribution is -2.30. The van der Waals surface area contributed by atoms with Crippen molar-refractivity contribution < 1.29 is 4.79 Å². The zero-order chi connectivity index (χ0) is 18.1. The first kappa shape index (κ1) is 17.4. The molecule has 3 aromatic rings. The van der Waals surface area contributed by atoms with Crippen LogP contribution >= 0.6 is 27.3 Å². The maximum Gasteiger partial charge on any atom is 0.257 e. The van der Waals surface area contributed by atoms with E-state index in [0.717, 1.165) is 57.0 Å². The number of fused-ring (bicyclic) bond motifs is 1. The third-order valence-corrected chi connectivity index (χ3v) is 6.17. The average molecular weight is 431 g/mol. The van der Waals surface area contributed by atoms with Crippen LogP contribution < -0.4 is 10.2 Å². The van der Waals surface area contributed by atoms with Gasteiger partial charge in [0.25, 0.3) is 5.91 Å². The standard InChI is InChI=1S/C19H19BrN4OS/c1-12-15(18(25)23-14-7-5-13(20)6-8-14)16-17(21-11-22-19(16)26-12)24-9-3-2-4-10-24/h5-8,11H,2-4,9-10H2,1H3,(H,23,25). The number of hydrogen-bond acceptors (Lipinski definition) is 5. The highest BCUT2D eigenvalue weighted by atomic mass is 79.9. The van der Waals surface area contributed by atoms with E-state index in [0.29, 0.717) is 5.56 Å². The summed E-state index contributed by atoms with van der Waals surface area (Å²) < 4.78 is 0.980. The fraction of sp³-hybridized carbons (Fsp3) is 0.316. The summed E-state index contributed by atoms with van der Waals surface area (Å²) in [6, 6.07) is 7.59. The van der Waals surface area contributed by atoms with E-state index in [1.54, 1.807) is 17.7 Å². The third kappa shape index (κ3) is 3.33. The van der Waals surface area contributed by atoms with Gasteiger partial charge in [-0.1, -0.05) is 15.9 Å². The average Bonchev–Trinajstić information content (AvgIpc) is 3.00. The van der Waals surface area contributed by atoms with Crippen LogP contribution in [-0.2, 0) is 0 Å². The minimum atomic E-state index is -0.107. The van der Waals surface area contributed by atoms with E-state index in [2.05, 4.69) is 36.1 Å². The first-order chi connectivity index (χ1) is 12.6. The molecule has 26 heavy (non-hydrogen) atoms. The zero-order valence-electron chi connectivity index (χ0n) is 14.5. The number of amides is 1. The number of anilines is 2. The van der Waals surface area contributed by atoms with Gasteiger partial charge in [0.15, 0.2) is 0 Å². The number of halogens is 1. The molecule has 134 valence electrons. The molecule has 1 amide bonds. The molecule has 4 rings (SSSR count). The van der Waals surface area contributed by atoms with E-state index >= 15 is 0 Å². The number of aromatic nitrogens is 2. The van der Waals surface area contributed by atoms with Crippen LogP contribution in [0.25, 0.3) is 10.2 Å². The Hall–Kier alpha value is -1.99. The summed E-state index contributed by atoms with van der Waals surface area (Å²) in [4.78, 5) is 26.1. The molecule has 0 aliphatic carbocycles. The van der Waals surface area contributed by atoms with Gasteiger partial charge in [0, 0.05) is 28.1 Å². The van der Waals surface area contributed by atoms with Gasteiger partial charge in [-0.15, -0.1) is 11.3 Å². The van der Waals surface area contributed by atoms with Gasteiger partial charge >= 0.3 is 0 Å². The molecule has 1 saturated heterocycles. The molecule has 1 aliphatic heterocycles. The second-order valence-corrected chi connectivity index (χ2v) is 8.54. The molecule has 0 unspecified atom stereocenters. The third-order valence-electron chi connectivity index (χ3n) is 4.63. The summed E-state index contributed by atoms with van der Waals surface area (Å²) in [7, 11) is 0. The number of nitrogens with one attached hydrogen (secondary N) is 1. The van der Waals surface area contributed by atoms with Gasteiger partial charge in [0.05, 0.1) is 10.9 Å². The maximum absolute atomic E-state index is 13.0. The fourth-order valence-electron chi connectivity index (χ4n) is 3.37. The lowest BCUT2D eigenvalue weighted by Gasteiger charge is -2.28.